The van der Waals surface area contributed by atoms with Crippen LogP contribution in [0.15, 0.2) is 70.8 Å². The van der Waals surface area contributed by atoms with Crippen LogP contribution in [0, 0.1) is 0 Å². The van der Waals surface area contributed by atoms with Crippen LogP contribution >= 0.6 is 0 Å². The van der Waals surface area contributed by atoms with Crippen molar-refractivity contribution in [2.45, 2.75) is 19.4 Å². The Labute approximate surface area is 175 Å². The molecule has 1 aromatic heterocycles. The molecule has 1 fully saturated rings. The minimum absolute atomic E-state index is 0.259. The van der Waals surface area contributed by atoms with E-state index < -0.39 is 5.91 Å². The molecule has 2 aromatic rings. The van der Waals surface area contributed by atoms with Crippen molar-refractivity contribution in [2.75, 3.05) is 26.2 Å². The van der Waals surface area contributed by atoms with Gasteiger partial charge < -0.3 is 9.26 Å². The molecule has 2 heterocycles. The monoisotopic (exact) mass is 410 g/mol. The number of allylic oxidation sites excluding steroid dienone is 3. The van der Waals surface area contributed by atoms with Gasteiger partial charge in [-0.3, -0.25) is 14.9 Å². The molecule has 0 aliphatic carbocycles. The van der Waals surface area contributed by atoms with Crippen LogP contribution in [0.3, 0.4) is 0 Å². The van der Waals surface area contributed by atoms with E-state index in [0.29, 0.717) is 31.3 Å². The van der Waals surface area contributed by atoms with E-state index in [4.69, 9.17) is 14.5 Å². The van der Waals surface area contributed by atoms with Gasteiger partial charge in [-0.05, 0) is 18.9 Å². The number of nitrogens with one attached hydrogen (secondary N) is 1. The Balaban J connectivity index is 1.55. The summed E-state index contributed by atoms with van der Waals surface area (Å²) in [6.45, 7) is 4.84. The number of morpholine rings is 1. The Bertz CT molecular complexity index is 905. The number of carbonyl (C=O) groups excluding carboxylic acids is 1. The molecule has 1 saturated heterocycles. The van der Waals surface area contributed by atoms with Crippen LogP contribution in [0.25, 0.3) is 11.4 Å². The van der Waals surface area contributed by atoms with Gasteiger partial charge in [-0.2, -0.15) is 4.98 Å². The normalized spacial score (nSPS) is 18.3. The van der Waals surface area contributed by atoms with Crippen molar-refractivity contribution in [2.24, 2.45) is 0 Å². The van der Waals surface area contributed by atoms with Crippen molar-refractivity contribution in [3.05, 3.63) is 72.2 Å². The predicted octanol–water partition coefficient (Wildman–Crippen LogP) is 3.06. The molecule has 1 unspecified atom stereocenters. The van der Waals surface area contributed by atoms with Gasteiger partial charge in [-0.25, -0.2) is 5.48 Å². The van der Waals surface area contributed by atoms with E-state index in [-0.39, 0.29) is 6.10 Å². The molecule has 8 heteroatoms. The van der Waals surface area contributed by atoms with Crippen LogP contribution in [-0.4, -0.2) is 52.4 Å². The summed E-state index contributed by atoms with van der Waals surface area (Å²) in [6.07, 6.45) is 9.38. The molecule has 1 aromatic carbocycles. The maximum absolute atomic E-state index is 10.9. The van der Waals surface area contributed by atoms with Gasteiger partial charge in [0.2, 0.25) is 5.82 Å². The molecule has 0 spiro atoms. The summed E-state index contributed by atoms with van der Waals surface area (Å²) < 4.78 is 11.3. The smallest absolute Gasteiger partial charge is 0.267 e. The second kappa shape index (κ2) is 11.2. The van der Waals surface area contributed by atoms with E-state index in [0.717, 1.165) is 24.2 Å². The van der Waals surface area contributed by atoms with Crippen LogP contribution in [0.5, 0.6) is 0 Å². The zero-order valence-corrected chi connectivity index (χ0v) is 16.9. The number of rotatable bonds is 8. The molecular formula is C22H26N4O4. The van der Waals surface area contributed by atoms with Gasteiger partial charge in [-0.1, -0.05) is 59.8 Å². The number of aromatic nitrogens is 2. The highest BCUT2D eigenvalue weighted by Gasteiger charge is 2.27. The predicted molar refractivity (Wildman–Crippen MR) is 111 cm³/mol. The van der Waals surface area contributed by atoms with E-state index in [9.17, 15) is 4.79 Å². The fraction of sp³-hybridized carbons (Fsp3) is 0.318. The zero-order valence-electron chi connectivity index (χ0n) is 16.9. The highest BCUT2D eigenvalue weighted by molar-refractivity contribution is 5.86. The average Bonchev–Trinajstić information content (AvgIpc) is 3.29. The van der Waals surface area contributed by atoms with E-state index in [1.807, 2.05) is 49.4 Å². The van der Waals surface area contributed by atoms with Crippen LogP contribution in [0.2, 0.25) is 0 Å². The molecular weight excluding hydrogens is 384 g/mol. The quantitative estimate of drug-likeness (QED) is 0.298. The maximum atomic E-state index is 10.9. The molecule has 8 nitrogen and oxygen atoms in total. The van der Waals surface area contributed by atoms with Crippen molar-refractivity contribution >= 4 is 5.91 Å². The number of amides is 1. The summed E-state index contributed by atoms with van der Waals surface area (Å²) >= 11 is 0. The highest BCUT2D eigenvalue weighted by atomic mass is 16.5. The van der Waals surface area contributed by atoms with Gasteiger partial charge in [-0.15, -0.1) is 0 Å². The van der Waals surface area contributed by atoms with Crippen molar-refractivity contribution in [1.29, 1.82) is 0 Å². The maximum Gasteiger partial charge on any atom is 0.267 e. The number of nitrogens with zero attached hydrogens (tertiary/aromatic N) is 3. The molecule has 158 valence electrons. The van der Waals surface area contributed by atoms with Crippen molar-refractivity contribution in [3.8, 4) is 11.4 Å². The summed E-state index contributed by atoms with van der Waals surface area (Å²) in [6, 6.07) is 9.71. The first-order chi connectivity index (χ1) is 14.7. The molecule has 1 aliphatic heterocycles. The molecule has 2 N–H and O–H groups in total. The standard InChI is InChI=1S/C22H26N4O4/c1-2-17(9-5-3-8-12-20(27)24-28)15-26-13-14-29-19(16-26)22-23-21(25-30-22)18-10-6-4-7-11-18/h2,4-12,19,28H,3,13-16H2,1H3,(H,24,27)/b9-5-,12-8+,17-2+. The SMILES string of the molecule is C/C=C(\C=C/C/C=C/C(=O)NO)CN1CCOC(c2nc(-c3ccccc3)no2)C1. The Morgan fingerprint density at radius 3 is 2.87 bits per heavy atom. The lowest BCUT2D eigenvalue weighted by Gasteiger charge is -2.31. The number of hydrogen-bond donors (Lipinski definition) is 2. The lowest BCUT2D eigenvalue weighted by Crippen LogP contribution is -2.39. The second-order valence-electron chi connectivity index (χ2n) is 6.80. The van der Waals surface area contributed by atoms with E-state index in [1.165, 1.54) is 6.08 Å². The van der Waals surface area contributed by atoms with Crippen molar-refractivity contribution < 1.29 is 19.3 Å². The van der Waals surface area contributed by atoms with E-state index >= 15 is 0 Å². The first-order valence-electron chi connectivity index (χ1n) is 9.85. The van der Waals surface area contributed by atoms with Crippen molar-refractivity contribution in [1.82, 2.24) is 20.5 Å². The first kappa shape index (κ1) is 21.6. The third-order valence-electron chi connectivity index (χ3n) is 4.66. The van der Waals surface area contributed by atoms with E-state index in [2.05, 4.69) is 21.1 Å². The number of hydrogen-bond acceptors (Lipinski definition) is 7. The largest absolute Gasteiger partial charge is 0.366 e. The van der Waals surface area contributed by atoms with Crippen molar-refractivity contribution in [3.63, 3.8) is 0 Å². The Kier molecular flexibility index (Phi) is 8.08. The summed E-state index contributed by atoms with van der Waals surface area (Å²) in [5, 5.41) is 12.5. The summed E-state index contributed by atoms with van der Waals surface area (Å²) in [4.78, 5) is 17.7. The first-order valence-corrected chi connectivity index (χ1v) is 9.85. The van der Waals surface area contributed by atoms with Crippen LogP contribution in [0.1, 0.15) is 25.3 Å². The summed E-state index contributed by atoms with van der Waals surface area (Å²) in [7, 11) is 0. The zero-order chi connectivity index (χ0) is 21.2. The van der Waals surface area contributed by atoms with Crippen LogP contribution in [-0.2, 0) is 9.53 Å². The van der Waals surface area contributed by atoms with Gasteiger partial charge >= 0.3 is 0 Å². The second-order valence-corrected chi connectivity index (χ2v) is 6.80. The molecule has 0 saturated carbocycles. The lowest BCUT2D eigenvalue weighted by atomic mass is 10.1. The fourth-order valence-electron chi connectivity index (χ4n) is 3.07. The lowest BCUT2D eigenvalue weighted by molar-refractivity contribution is -0.124. The number of benzene rings is 1. The number of hydroxylamine groups is 1. The number of carbonyl (C=O) groups is 1. The third kappa shape index (κ3) is 6.21. The van der Waals surface area contributed by atoms with Gasteiger partial charge in [0, 0.05) is 31.3 Å². The molecule has 3 rings (SSSR count). The summed E-state index contributed by atoms with van der Waals surface area (Å²) in [5.41, 5.74) is 3.63. The minimum atomic E-state index is -0.537. The highest BCUT2D eigenvalue weighted by Crippen LogP contribution is 2.24. The number of ether oxygens (including phenoxy) is 1. The van der Waals surface area contributed by atoms with Gasteiger partial charge in [0.15, 0.2) is 0 Å². The molecule has 30 heavy (non-hydrogen) atoms. The third-order valence-corrected chi connectivity index (χ3v) is 4.66. The molecule has 0 bridgehead atoms. The van der Waals surface area contributed by atoms with Crippen LogP contribution in [0.4, 0.5) is 0 Å². The Hall–Kier alpha value is -3.07. The average molecular weight is 410 g/mol. The Morgan fingerprint density at radius 2 is 2.10 bits per heavy atom. The molecule has 1 aliphatic rings. The summed E-state index contributed by atoms with van der Waals surface area (Å²) in [5.74, 6) is 0.514. The molecule has 0 radical (unpaired) electrons. The van der Waals surface area contributed by atoms with Gasteiger partial charge in [0.1, 0.15) is 6.10 Å². The minimum Gasteiger partial charge on any atom is -0.366 e. The Morgan fingerprint density at radius 1 is 1.30 bits per heavy atom. The molecule has 1 amide bonds. The molecule has 1 atom stereocenters. The van der Waals surface area contributed by atoms with Crippen LogP contribution < -0.4 is 5.48 Å². The topological polar surface area (TPSA) is 101 Å². The fourth-order valence-corrected chi connectivity index (χ4v) is 3.07. The van der Waals surface area contributed by atoms with Gasteiger partial charge in [0.05, 0.1) is 6.61 Å². The van der Waals surface area contributed by atoms with Gasteiger partial charge in [0.25, 0.3) is 11.8 Å². The van der Waals surface area contributed by atoms with E-state index in [1.54, 1.807) is 11.6 Å².